The average molecular weight is 199 g/mol. The number of carboxylic acids is 1. The summed E-state index contributed by atoms with van der Waals surface area (Å²) in [6.45, 7) is 1.25. The molecule has 4 N–H and O–H groups in total. The number of nitrogens with one attached hydrogen (secondary N) is 1. The van der Waals surface area contributed by atoms with Crippen LogP contribution in [0, 0.1) is 10.1 Å². The van der Waals surface area contributed by atoms with Gasteiger partial charge in [0.1, 0.15) is 0 Å². The van der Waals surface area contributed by atoms with Crippen LogP contribution >= 0.6 is 0 Å². The van der Waals surface area contributed by atoms with Gasteiger partial charge in [-0.3, -0.25) is 10.1 Å². The van der Waals surface area contributed by atoms with Crippen molar-refractivity contribution in [1.82, 2.24) is 4.98 Å². The minimum atomic E-state index is -1.64. The summed E-state index contributed by atoms with van der Waals surface area (Å²) in [7, 11) is 0. The van der Waals surface area contributed by atoms with Crippen LogP contribution in [0.4, 0.5) is 5.69 Å². The van der Waals surface area contributed by atoms with Crippen molar-refractivity contribution in [3.63, 3.8) is 0 Å². The molecule has 0 aromatic carbocycles. The number of nitro groups is 1. The Hall–Kier alpha value is -1.89. The average Bonchev–Trinajstić information content (AvgIpc) is 2.51. The van der Waals surface area contributed by atoms with E-state index in [1.165, 1.54) is 6.92 Å². The van der Waals surface area contributed by atoms with Crippen LogP contribution in [0.5, 0.6) is 0 Å². The number of carboxylic acid groups (broad SMARTS) is 1. The zero-order valence-corrected chi connectivity index (χ0v) is 7.35. The molecule has 1 atom stereocenters. The first-order valence-corrected chi connectivity index (χ1v) is 3.71. The monoisotopic (exact) mass is 199 g/mol. The smallest absolute Gasteiger partial charge is 0.329 e. The topological polar surface area (TPSA) is 122 Å². The molecule has 0 spiro atoms. The fraction of sp³-hybridized carbons (Fsp3) is 0.286. The molecule has 0 aliphatic heterocycles. The lowest BCUT2D eigenvalue weighted by Crippen LogP contribution is -2.41. The highest BCUT2D eigenvalue weighted by Crippen LogP contribution is 2.21. The van der Waals surface area contributed by atoms with Gasteiger partial charge in [-0.2, -0.15) is 0 Å². The van der Waals surface area contributed by atoms with E-state index in [9.17, 15) is 14.9 Å². The number of aromatic amines is 1. The summed E-state index contributed by atoms with van der Waals surface area (Å²) < 4.78 is 0. The van der Waals surface area contributed by atoms with Crippen molar-refractivity contribution in [2.75, 3.05) is 0 Å². The molecular formula is C7H9N3O4. The van der Waals surface area contributed by atoms with E-state index >= 15 is 0 Å². The van der Waals surface area contributed by atoms with Crippen molar-refractivity contribution >= 4 is 11.7 Å². The Morgan fingerprint density at radius 3 is 2.71 bits per heavy atom. The molecule has 1 aromatic rings. The highest BCUT2D eigenvalue weighted by molar-refractivity contribution is 5.79. The Kier molecular flexibility index (Phi) is 2.26. The maximum atomic E-state index is 10.7. The molecule has 0 amide bonds. The maximum Gasteiger partial charge on any atom is 0.329 e. The first-order valence-electron chi connectivity index (χ1n) is 3.71. The summed E-state index contributed by atoms with van der Waals surface area (Å²) in [4.78, 5) is 22.8. The fourth-order valence-electron chi connectivity index (χ4n) is 0.903. The van der Waals surface area contributed by atoms with Gasteiger partial charge < -0.3 is 15.8 Å². The third-order valence-electron chi connectivity index (χ3n) is 1.88. The van der Waals surface area contributed by atoms with E-state index in [0.29, 0.717) is 0 Å². The zero-order chi connectivity index (χ0) is 10.9. The van der Waals surface area contributed by atoms with Gasteiger partial charge in [0.25, 0.3) is 5.69 Å². The first kappa shape index (κ1) is 10.2. The van der Waals surface area contributed by atoms with Gasteiger partial charge in [-0.15, -0.1) is 0 Å². The highest BCUT2D eigenvalue weighted by atomic mass is 16.6. The number of nitrogens with two attached hydrogens (primary N) is 1. The second-order valence-corrected chi connectivity index (χ2v) is 3.04. The molecule has 1 aromatic heterocycles. The molecule has 0 saturated carbocycles. The van der Waals surface area contributed by atoms with E-state index in [1.807, 2.05) is 0 Å². The molecule has 0 aliphatic carbocycles. The number of H-pyrrole nitrogens is 1. The van der Waals surface area contributed by atoms with Gasteiger partial charge in [-0.25, -0.2) is 4.79 Å². The molecule has 1 rings (SSSR count). The number of hydrogen-bond acceptors (Lipinski definition) is 4. The van der Waals surface area contributed by atoms with Crippen LogP contribution in [0.25, 0.3) is 0 Å². The Morgan fingerprint density at radius 1 is 1.79 bits per heavy atom. The molecule has 0 fully saturated rings. The summed E-state index contributed by atoms with van der Waals surface area (Å²) in [5.41, 5.74) is 3.68. The molecular weight excluding hydrogens is 190 g/mol. The number of aromatic nitrogens is 1. The molecule has 7 nitrogen and oxygen atoms in total. The van der Waals surface area contributed by atoms with Crippen LogP contribution in [0.15, 0.2) is 12.3 Å². The van der Waals surface area contributed by atoms with Crippen molar-refractivity contribution in [2.45, 2.75) is 12.5 Å². The summed E-state index contributed by atoms with van der Waals surface area (Å²) >= 11 is 0. The molecule has 0 radical (unpaired) electrons. The summed E-state index contributed by atoms with van der Waals surface area (Å²) in [6, 6.07) is 1.11. The van der Waals surface area contributed by atoms with Crippen molar-refractivity contribution in [3.8, 4) is 0 Å². The van der Waals surface area contributed by atoms with E-state index < -0.39 is 16.4 Å². The Balaban J connectivity index is 3.09. The van der Waals surface area contributed by atoms with Crippen LogP contribution in [-0.4, -0.2) is 21.0 Å². The predicted octanol–water partition coefficient (Wildman–Crippen LogP) is 0.181. The molecule has 1 heterocycles. The Labute approximate surface area is 78.7 Å². The first-order chi connectivity index (χ1) is 6.35. The number of hydrogen-bond donors (Lipinski definition) is 3. The highest BCUT2D eigenvalue weighted by Gasteiger charge is 2.33. The summed E-state index contributed by atoms with van der Waals surface area (Å²) in [6.07, 6.45) is 1.10. The summed E-state index contributed by atoms with van der Waals surface area (Å²) in [5, 5.41) is 19.0. The Morgan fingerprint density at radius 2 is 2.36 bits per heavy atom. The standard InChI is InChI=1S/C7H9N3O4/c1-7(8,6(11)12)5-2-4(3-9-5)10(13)14/h2-3,9H,8H2,1H3,(H,11,12). The zero-order valence-electron chi connectivity index (χ0n) is 7.35. The van der Waals surface area contributed by atoms with Crippen molar-refractivity contribution < 1.29 is 14.8 Å². The number of carbonyl (C=O) groups is 1. The lowest BCUT2D eigenvalue weighted by Gasteiger charge is -2.16. The quantitative estimate of drug-likeness (QED) is 0.473. The largest absolute Gasteiger partial charge is 0.480 e. The molecule has 0 saturated heterocycles. The van der Waals surface area contributed by atoms with Gasteiger partial charge in [-0.05, 0) is 6.92 Å². The van der Waals surface area contributed by atoms with E-state index in [4.69, 9.17) is 10.8 Å². The van der Waals surface area contributed by atoms with Gasteiger partial charge in [-0.1, -0.05) is 0 Å². The van der Waals surface area contributed by atoms with E-state index in [1.54, 1.807) is 0 Å². The maximum absolute atomic E-state index is 10.7. The molecule has 0 aliphatic rings. The summed E-state index contributed by atoms with van der Waals surface area (Å²) in [5.74, 6) is -1.26. The van der Waals surface area contributed by atoms with Crippen LogP contribution in [0.3, 0.4) is 0 Å². The van der Waals surface area contributed by atoms with Crippen LogP contribution in [-0.2, 0) is 10.3 Å². The van der Waals surface area contributed by atoms with Crippen molar-refractivity contribution in [1.29, 1.82) is 0 Å². The minimum absolute atomic E-state index is 0.0942. The Bertz CT molecular complexity index is 382. The minimum Gasteiger partial charge on any atom is -0.480 e. The SMILES string of the molecule is CC(N)(C(=O)O)c1cc([N+](=O)[O-])c[nH]1. The van der Waals surface area contributed by atoms with Gasteiger partial charge in [0.05, 0.1) is 16.8 Å². The number of rotatable bonds is 3. The van der Waals surface area contributed by atoms with Crippen molar-refractivity contribution in [3.05, 3.63) is 28.1 Å². The molecule has 1 unspecified atom stereocenters. The second-order valence-electron chi connectivity index (χ2n) is 3.04. The van der Waals surface area contributed by atoms with E-state index in [-0.39, 0.29) is 11.4 Å². The van der Waals surface area contributed by atoms with Gasteiger partial charge >= 0.3 is 5.97 Å². The third kappa shape index (κ3) is 1.57. The van der Waals surface area contributed by atoms with Crippen LogP contribution in [0.1, 0.15) is 12.6 Å². The van der Waals surface area contributed by atoms with Gasteiger partial charge in [0, 0.05) is 6.07 Å². The van der Waals surface area contributed by atoms with Gasteiger partial charge in [0.15, 0.2) is 5.54 Å². The lowest BCUT2D eigenvalue weighted by atomic mass is 10.0. The second kappa shape index (κ2) is 3.11. The molecule has 7 heteroatoms. The van der Waals surface area contributed by atoms with E-state index in [0.717, 1.165) is 12.3 Å². The fourth-order valence-corrected chi connectivity index (χ4v) is 0.903. The normalized spacial score (nSPS) is 14.7. The molecule has 0 bridgehead atoms. The molecule has 14 heavy (non-hydrogen) atoms. The lowest BCUT2D eigenvalue weighted by molar-refractivity contribution is -0.384. The molecule has 76 valence electrons. The predicted molar refractivity (Wildman–Crippen MR) is 46.6 cm³/mol. The van der Waals surface area contributed by atoms with Crippen LogP contribution < -0.4 is 5.73 Å². The number of nitrogens with zero attached hydrogens (tertiary/aromatic N) is 1. The number of aliphatic carboxylic acids is 1. The van der Waals surface area contributed by atoms with Crippen molar-refractivity contribution in [2.24, 2.45) is 5.73 Å². The third-order valence-corrected chi connectivity index (χ3v) is 1.88. The van der Waals surface area contributed by atoms with Crippen LogP contribution in [0.2, 0.25) is 0 Å². The van der Waals surface area contributed by atoms with E-state index in [2.05, 4.69) is 4.98 Å². The van der Waals surface area contributed by atoms with Gasteiger partial charge in [0.2, 0.25) is 0 Å².